The molecule has 6 heteroatoms. The minimum Gasteiger partial charge on any atom is -0.494 e. The first-order chi connectivity index (χ1) is 12.5. The molecule has 0 aliphatic rings. The summed E-state index contributed by atoms with van der Waals surface area (Å²) in [5, 5.41) is 5.45. The molecule has 0 fully saturated rings. The molecule has 0 aromatic heterocycles. The third kappa shape index (κ3) is 7.19. The second-order valence-electron chi connectivity index (χ2n) is 5.77. The van der Waals surface area contributed by atoms with Crippen LogP contribution < -0.4 is 15.4 Å². The van der Waals surface area contributed by atoms with Crippen LogP contribution in [0.2, 0.25) is 0 Å². The molecule has 0 radical (unpaired) electrons. The van der Waals surface area contributed by atoms with Crippen molar-refractivity contribution in [3.8, 4) is 5.75 Å². The van der Waals surface area contributed by atoms with Crippen LogP contribution in [0.1, 0.15) is 20.3 Å². The summed E-state index contributed by atoms with van der Waals surface area (Å²) >= 11 is 1.48. The molecule has 0 saturated heterocycles. The Labute approximate surface area is 158 Å². The quantitative estimate of drug-likeness (QED) is 0.520. The molecule has 0 aliphatic carbocycles. The Morgan fingerprint density at radius 3 is 2.42 bits per heavy atom. The third-order valence-corrected chi connectivity index (χ3v) is 4.60. The SMILES string of the molecule is CC(=O)Nc1ccc(SC(C)C(=O)NCCCOc2ccccc2)cc1. The van der Waals surface area contributed by atoms with Crippen LogP contribution in [-0.4, -0.2) is 30.2 Å². The predicted molar refractivity (Wildman–Crippen MR) is 106 cm³/mol. The first kappa shape index (κ1) is 19.8. The highest BCUT2D eigenvalue weighted by Gasteiger charge is 2.13. The van der Waals surface area contributed by atoms with E-state index in [2.05, 4.69) is 10.6 Å². The van der Waals surface area contributed by atoms with Crippen molar-refractivity contribution in [1.29, 1.82) is 0 Å². The molecule has 0 heterocycles. The summed E-state index contributed by atoms with van der Waals surface area (Å²) in [5.41, 5.74) is 0.748. The van der Waals surface area contributed by atoms with Gasteiger partial charge in [-0.25, -0.2) is 0 Å². The number of amides is 2. The molecule has 2 aromatic rings. The number of nitrogens with one attached hydrogen (secondary N) is 2. The molecule has 138 valence electrons. The van der Waals surface area contributed by atoms with Crippen LogP contribution in [0.25, 0.3) is 0 Å². The highest BCUT2D eigenvalue weighted by atomic mass is 32.2. The zero-order valence-electron chi connectivity index (χ0n) is 15.0. The van der Waals surface area contributed by atoms with E-state index in [1.54, 1.807) is 0 Å². The fourth-order valence-corrected chi connectivity index (χ4v) is 3.10. The maximum atomic E-state index is 12.2. The van der Waals surface area contributed by atoms with Crippen molar-refractivity contribution in [2.24, 2.45) is 0 Å². The molecule has 0 spiro atoms. The van der Waals surface area contributed by atoms with Crippen molar-refractivity contribution in [2.75, 3.05) is 18.5 Å². The lowest BCUT2D eigenvalue weighted by molar-refractivity contribution is -0.120. The molecule has 1 unspecified atom stereocenters. The van der Waals surface area contributed by atoms with Gasteiger partial charge in [0.25, 0.3) is 0 Å². The van der Waals surface area contributed by atoms with E-state index in [1.165, 1.54) is 18.7 Å². The number of hydrogen-bond donors (Lipinski definition) is 2. The van der Waals surface area contributed by atoms with Crippen LogP contribution in [0, 0.1) is 0 Å². The van der Waals surface area contributed by atoms with Gasteiger partial charge in [0.1, 0.15) is 5.75 Å². The Kier molecular flexibility index (Phi) is 8.02. The average molecular weight is 372 g/mol. The molecule has 2 amide bonds. The van der Waals surface area contributed by atoms with Crippen LogP contribution in [0.4, 0.5) is 5.69 Å². The summed E-state index contributed by atoms with van der Waals surface area (Å²) in [5.74, 6) is 0.737. The van der Waals surface area contributed by atoms with E-state index in [0.29, 0.717) is 13.2 Å². The second-order valence-corrected chi connectivity index (χ2v) is 7.19. The van der Waals surface area contributed by atoms with Gasteiger partial charge in [0, 0.05) is 24.1 Å². The van der Waals surface area contributed by atoms with E-state index >= 15 is 0 Å². The van der Waals surface area contributed by atoms with Crippen molar-refractivity contribution in [3.63, 3.8) is 0 Å². The van der Waals surface area contributed by atoms with Gasteiger partial charge in [-0.1, -0.05) is 18.2 Å². The number of rotatable bonds is 9. The average Bonchev–Trinajstić information content (AvgIpc) is 2.63. The molecular formula is C20H24N2O3S. The van der Waals surface area contributed by atoms with Crippen LogP contribution in [-0.2, 0) is 9.59 Å². The molecule has 0 saturated carbocycles. The summed E-state index contributed by atoms with van der Waals surface area (Å²) in [7, 11) is 0. The molecule has 0 aliphatic heterocycles. The number of para-hydroxylation sites is 1. The lowest BCUT2D eigenvalue weighted by atomic mass is 10.3. The minimum absolute atomic E-state index is 0.000601. The number of anilines is 1. The second kappa shape index (κ2) is 10.5. The molecule has 26 heavy (non-hydrogen) atoms. The Morgan fingerprint density at radius 1 is 1.08 bits per heavy atom. The third-order valence-electron chi connectivity index (χ3n) is 3.49. The smallest absolute Gasteiger partial charge is 0.233 e. The van der Waals surface area contributed by atoms with E-state index in [4.69, 9.17) is 4.74 Å². The van der Waals surface area contributed by atoms with Gasteiger partial charge in [-0.2, -0.15) is 0 Å². The summed E-state index contributed by atoms with van der Waals surface area (Å²) < 4.78 is 5.60. The highest BCUT2D eigenvalue weighted by molar-refractivity contribution is 8.00. The standard InChI is InChI=1S/C20H24N2O3S/c1-15(26-19-11-9-17(10-12-19)22-16(2)23)20(24)21-13-6-14-25-18-7-4-3-5-8-18/h3-5,7-12,15H,6,13-14H2,1-2H3,(H,21,24)(H,22,23). The molecule has 1 atom stereocenters. The van der Waals surface area contributed by atoms with E-state index in [-0.39, 0.29) is 17.1 Å². The predicted octanol–water partition coefficient (Wildman–Crippen LogP) is 3.71. The summed E-state index contributed by atoms with van der Waals surface area (Å²) in [6, 6.07) is 17.1. The molecule has 2 aromatic carbocycles. The number of ether oxygens (including phenoxy) is 1. The minimum atomic E-state index is -0.198. The number of carbonyl (C=O) groups excluding carboxylic acids is 2. The first-order valence-electron chi connectivity index (χ1n) is 8.54. The number of hydrogen-bond acceptors (Lipinski definition) is 4. The molecule has 0 bridgehead atoms. The van der Waals surface area contributed by atoms with Gasteiger partial charge < -0.3 is 15.4 Å². The maximum Gasteiger partial charge on any atom is 0.233 e. The lowest BCUT2D eigenvalue weighted by Gasteiger charge is -2.13. The van der Waals surface area contributed by atoms with Gasteiger partial charge in [0.05, 0.1) is 11.9 Å². The van der Waals surface area contributed by atoms with Crippen molar-refractivity contribution >= 4 is 29.3 Å². The highest BCUT2D eigenvalue weighted by Crippen LogP contribution is 2.24. The van der Waals surface area contributed by atoms with E-state index in [0.717, 1.165) is 22.8 Å². The summed E-state index contributed by atoms with van der Waals surface area (Å²) in [6.45, 7) is 4.50. The Morgan fingerprint density at radius 2 is 1.77 bits per heavy atom. The number of thioether (sulfide) groups is 1. The van der Waals surface area contributed by atoms with Crippen LogP contribution in [0.15, 0.2) is 59.5 Å². The normalized spacial score (nSPS) is 11.5. The monoisotopic (exact) mass is 372 g/mol. The van der Waals surface area contributed by atoms with Crippen LogP contribution in [0.5, 0.6) is 5.75 Å². The van der Waals surface area contributed by atoms with E-state index in [1.807, 2.05) is 61.5 Å². The van der Waals surface area contributed by atoms with Gasteiger partial charge in [0.15, 0.2) is 0 Å². The summed E-state index contributed by atoms with van der Waals surface area (Å²) in [4.78, 5) is 24.2. The number of carbonyl (C=O) groups is 2. The lowest BCUT2D eigenvalue weighted by Crippen LogP contribution is -2.32. The Balaban J connectivity index is 1.66. The fourth-order valence-electron chi connectivity index (χ4n) is 2.21. The Bertz CT molecular complexity index is 705. The van der Waals surface area contributed by atoms with Crippen molar-refractivity contribution < 1.29 is 14.3 Å². The van der Waals surface area contributed by atoms with Crippen molar-refractivity contribution in [3.05, 3.63) is 54.6 Å². The fraction of sp³-hybridized carbons (Fsp3) is 0.300. The maximum absolute atomic E-state index is 12.2. The molecule has 5 nitrogen and oxygen atoms in total. The van der Waals surface area contributed by atoms with Gasteiger partial charge in [0.2, 0.25) is 11.8 Å². The molecule has 2 rings (SSSR count). The number of benzene rings is 2. The topological polar surface area (TPSA) is 67.4 Å². The van der Waals surface area contributed by atoms with E-state index in [9.17, 15) is 9.59 Å². The molecule has 2 N–H and O–H groups in total. The van der Waals surface area contributed by atoms with Gasteiger partial charge in [-0.3, -0.25) is 9.59 Å². The van der Waals surface area contributed by atoms with Crippen LogP contribution >= 0.6 is 11.8 Å². The Hall–Kier alpha value is -2.47. The largest absolute Gasteiger partial charge is 0.494 e. The van der Waals surface area contributed by atoms with E-state index < -0.39 is 0 Å². The first-order valence-corrected chi connectivity index (χ1v) is 9.42. The van der Waals surface area contributed by atoms with Gasteiger partial charge in [-0.05, 0) is 49.7 Å². The summed E-state index contributed by atoms with van der Waals surface area (Å²) in [6.07, 6.45) is 0.753. The van der Waals surface area contributed by atoms with Crippen molar-refractivity contribution in [2.45, 2.75) is 30.4 Å². The molecular weight excluding hydrogens is 348 g/mol. The van der Waals surface area contributed by atoms with Crippen molar-refractivity contribution in [1.82, 2.24) is 5.32 Å². The zero-order valence-corrected chi connectivity index (χ0v) is 15.8. The van der Waals surface area contributed by atoms with Gasteiger partial charge >= 0.3 is 0 Å². The van der Waals surface area contributed by atoms with Gasteiger partial charge in [-0.15, -0.1) is 11.8 Å². The van der Waals surface area contributed by atoms with Crippen LogP contribution in [0.3, 0.4) is 0 Å². The zero-order chi connectivity index (χ0) is 18.8.